The molecular formula is C15H28N2O. The van der Waals surface area contributed by atoms with E-state index in [0.29, 0.717) is 12.0 Å². The van der Waals surface area contributed by atoms with Crippen LogP contribution in [0.15, 0.2) is 0 Å². The van der Waals surface area contributed by atoms with E-state index in [1.54, 1.807) is 0 Å². The van der Waals surface area contributed by atoms with Crippen molar-refractivity contribution in [3.8, 4) is 0 Å². The van der Waals surface area contributed by atoms with Gasteiger partial charge in [0.15, 0.2) is 0 Å². The van der Waals surface area contributed by atoms with E-state index in [4.69, 9.17) is 5.73 Å². The van der Waals surface area contributed by atoms with Crippen LogP contribution in [-0.4, -0.2) is 18.0 Å². The fourth-order valence-corrected chi connectivity index (χ4v) is 3.59. The van der Waals surface area contributed by atoms with Gasteiger partial charge < -0.3 is 11.1 Å². The Morgan fingerprint density at radius 3 is 2.61 bits per heavy atom. The Bertz CT molecular complexity index is 314. The Balaban J connectivity index is 1.94. The van der Waals surface area contributed by atoms with Crippen molar-refractivity contribution in [2.45, 2.75) is 71.4 Å². The van der Waals surface area contributed by atoms with Crippen LogP contribution in [-0.2, 0) is 4.79 Å². The number of rotatable bonds is 2. The fourth-order valence-electron chi connectivity index (χ4n) is 3.59. The molecule has 3 heteroatoms. The molecule has 104 valence electrons. The highest BCUT2D eigenvalue weighted by Crippen LogP contribution is 2.38. The predicted molar refractivity (Wildman–Crippen MR) is 74.0 cm³/mol. The minimum atomic E-state index is 0.130. The standard InChI is InChI=1S/C15H28N2O/c1-10-6-7-11(16)9-12(10)14(18)17-13-5-4-8-15(13,2)3/h10-13H,4-9,16H2,1-3H3,(H,17,18). The first-order valence-electron chi connectivity index (χ1n) is 7.46. The molecule has 0 saturated heterocycles. The van der Waals surface area contributed by atoms with Crippen molar-refractivity contribution in [3.63, 3.8) is 0 Å². The van der Waals surface area contributed by atoms with Gasteiger partial charge in [-0.15, -0.1) is 0 Å². The maximum Gasteiger partial charge on any atom is 0.223 e. The second kappa shape index (κ2) is 5.20. The minimum absolute atomic E-state index is 0.130. The number of carbonyl (C=O) groups excluding carboxylic acids is 1. The first-order chi connectivity index (χ1) is 8.40. The molecule has 1 amide bonds. The van der Waals surface area contributed by atoms with Crippen molar-refractivity contribution in [2.24, 2.45) is 23.0 Å². The van der Waals surface area contributed by atoms with Crippen LogP contribution in [0.25, 0.3) is 0 Å². The molecule has 0 radical (unpaired) electrons. The molecule has 2 aliphatic carbocycles. The van der Waals surface area contributed by atoms with Gasteiger partial charge in [-0.1, -0.05) is 27.2 Å². The third-order valence-corrected chi connectivity index (χ3v) is 5.15. The summed E-state index contributed by atoms with van der Waals surface area (Å²) in [5.74, 6) is 0.858. The lowest BCUT2D eigenvalue weighted by Gasteiger charge is -2.34. The maximum absolute atomic E-state index is 12.4. The number of hydrogen-bond donors (Lipinski definition) is 2. The smallest absolute Gasteiger partial charge is 0.223 e. The Labute approximate surface area is 111 Å². The Hall–Kier alpha value is -0.570. The lowest BCUT2D eigenvalue weighted by atomic mass is 9.77. The monoisotopic (exact) mass is 252 g/mol. The van der Waals surface area contributed by atoms with E-state index in [9.17, 15) is 4.79 Å². The number of nitrogens with one attached hydrogen (secondary N) is 1. The lowest BCUT2D eigenvalue weighted by Crippen LogP contribution is -2.48. The zero-order chi connectivity index (χ0) is 13.3. The quantitative estimate of drug-likeness (QED) is 0.793. The van der Waals surface area contributed by atoms with Crippen LogP contribution in [0.2, 0.25) is 0 Å². The van der Waals surface area contributed by atoms with Gasteiger partial charge >= 0.3 is 0 Å². The summed E-state index contributed by atoms with van der Waals surface area (Å²) < 4.78 is 0. The van der Waals surface area contributed by atoms with E-state index < -0.39 is 0 Å². The second-order valence-corrected chi connectivity index (χ2v) is 7.10. The van der Waals surface area contributed by atoms with Gasteiger partial charge in [0, 0.05) is 18.0 Å². The Morgan fingerprint density at radius 2 is 2.00 bits per heavy atom. The van der Waals surface area contributed by atoms with Crippen molar-refractivity contribution in [1.29, 1.82) is 0 Å². The Kier molecular flexibility index (Phi) is 4.00. The molecule has 3 nitrogen and oxygen atoms in total. The van der Waals surface area contributed by atoms with Gasteiger partial charge in [0.2, 0.25) is 5.91 Å². The molecule has 18 heavy (non-hydrogen) atoms. The summed E-state index contributed by atoms with van der Waals surface area (Å²) in [6, 6.07) is 0.573. The predicted octanol–water partition coefficient (Wildman–Crippen LogP) is 2.44. The van der Waals surface area contributed by atoms with Crippen molar-refractivity contribution in [3.05, 3.63) is 0 Å². The van der Waals surface area contributed by atoms with Gasteiger partial charge in [-0.3, -0.25) is 4.79 Å². The molecule has 0 heterocycles. The van der Waals surface area contributed by atoms with Crippen molar-refractivity contribution in [2.75, 3.05) is 0 Å². The molecule has 3 N–H and O–H groups in total. The third kappa shape index (κ3) is 2.87. The van der Waals surface area contributed by atoms with E-state index in [1.165, 1.54) is 12.8 Å². The lowest BCUT2D eigenvalue weighted by molar-refractivity contribution is -0.129. The van der Waals surface area contributed by atoms with Crippen LogP contribution in [0.1, 0.15) is 59.3 Å². The molecule has 2 saturated carbocycles. The summed E-state index contributed by atoms with van der Waals surface area (Å²) in [4.78, 5) is 12.4. The first-order valence-corrected chi connectivity index (χ1v) is 7.46. The largest absolute Gasteiger partial charge is 0.353 e. The highest BCUT2D eigenvalue weighted by atomic mass is 16.2. The number of hydrogen-bond acceptors (Lipinski definition) is 2. The molecule has 0 aromatic rings. The summed E-state index contributed by atoms with van der Waals surface area (Å²) >= 11 is 0. The fraction of sp³-hybridized carbons (Fsp3) is 0.933. The topological polar surface area (TPSA) is 55.1 Å². The molecule has 0 aliphatic heterocycles. The summed E-state index contributed by atoms with van der Waals surface area (Å²) in [5.41, 5.74) is 6.27. The van der Waals surface area contributed by atoms with Gasteiger partial charge in [0.05, 0.1) is 0 Å². The van der Waals surface area contributed by atoms with Gasteiger partial charge in [-0.05, 0) is 43.4 Å². The molecule has 2 aliphatic rings. The van der Waals surface area contributed by atoms with Crippen LogP contribution in [0.5, 0.6) is 0 Å². The number of nitrogens with two attached hydrogens (primary N) is 1. The first kappa shape index (κ1) is 13.9. The van der Waals surface area contributed by atoms with Crippen LogP contribution >= 0.6 is 0 Å². The zero-order valence-corrected chi connectivity index (χ0v) is 12.0. The summed E-state index contributed by atoms with van der Waals surface area (Å²) in [5, 5.41) is 3.30. The van der Waals surface area contributed by atoms with Crippen molar-refractivity contribution < 1.29 is 4.79 Å². The summed E-state index contributed by atoms with van der Waals surface area (Å²) in [6.45, 7) is 6.72. The van der Waals surface area contributed by atoms with Crippen LogP contribution in [0.3, 0.4) is 0 Å². The normalized spacial score (nSPS) is 39.6. The van der Waals surface area contributed by atoms with Crippen molar-refractivity contribution >= 4 is 5.91 Å². The summed E-state index contributed by atoms with van der Waals surface area (Å²) in [6.07, 6.45) is 6.61. The zero-order valence-electron chi connectivity index (χ0n) is 12.0. The van der Waals surface area contributed by atoms with Gasteiger partial charge in [0.1, 0.15) is 0 Å². The average molecular weight is 252 g/mol. The molecule has 2 fully saturated rings. The Morgan fingerprint density at radius 1 is 1.28 bits per heavy atom. The molecule has 0 bridgehead atoms. The third-order valence-electron chi connectivity index (χ3n) is 5.15. The van der Waals surface area contributed by atoms with Crippen LogP contribution in [0.4, 0.5) is 0 Å². The number of carbonyl (C=O) groups is 1. The van der Waals surface area contributed by atoms with Crippen LogP contribution < -0.4 is 11.1 Å². The summed E-state index contributed by atoms with van der Waals surface area (Å²) in [7, 11) is 0. The second-order valence-electron chi connectivity index (χ2n) is 7.10. The van der Waals surface area contributed by atoms with Crippen LogP contribution in [0, 0.1) is 17.3 Å². The molecular weight excluding hydrogens is 224 g/mol. The average Bonchev–Trinajstić information content (AvgIpc) is 2.62. The molecule has 4 unspecified atom stereocenters. The molecule has 2 rings (SSSR count). The minimum Gasteiger partial charge on any atom is -0.353 e. The maximum atomic E-state index is 12.4. The van der Waals surface area contributed by atoms with Gasteiger partial charge in [-0.2, -0.15) is 0 Å². The highest BCUT2D eigenvalue weighted by Gasteiger charge is 2.38. The van der Waals surface area contributed by atoms with E-state index in [1.807, 2.05) is 0 Å². The molecule has 0 aromatic carbocycles. The molecule has 4 atom stereocenters. The number of amides is 1. The SMILES string of the molecule is CC1CCC(N)CC1C(=O)NC1CCCC1(C)C. The van der Waals surface area contributed by atoms with Gasteiger partial charge in [0.25, 0.3) is 0 Å². The van der Waals surface area contributed by atoms with E-state index >= 15 is 0 Å². The molecule has 0 aromatic heterocycles. The van der Waals surface area contributed by atoms with E-state index in [0.717, 1.165) is 25.7 Å². The van der Waals surface area contributed by atoms with E-state index in [-0.39, 0.29) is 23.3 Å². The highest BCUT2D eigenvalue weighted by molar-refractivity contribution is 5.79. The van der Waals surface area contributed by atoms with Gasteiger partial charge in [-0.25, -0.2) is 0 Å². The van der Waals surface area contributed by atoms with Crippen molar-refractivity contribution in [1.82, 2.24) is 5.32 Å². The van der Waals surface area contributed by atoms with E-state index in [2.05, 4.69) is 26.1 Å². The molecule has 0 spiro atoms.